The minimum Gasteiger partial charge on any atom is -0.535 e. The predicted octanol–water partition coefficient (Wildman–Crippen LogP) is 0.370. The molecule has 0 radical (unpaired) electrons. The molecule has 0 spiro atoms. The summed E-state index contributed by atoms with van der Waals surface area (Å²) in [6.07, 6.45) is -0.173. The van der Waals surface area contributed by atoms with Crippen LogP contribution in [0.3, 0.4) is 0 Å². The largest absolute Gasteiger partial charge is 0.535 e. The monoisotopic (exact) mass is 550 g/mol. The van der Waals surface area contributed by atoms with Crippen molar-refractivity contribution in [3.05, 3.63) is 64.7 Å². The Morgan fingerprint density at radius 2 is 1.80 bits per heavy atom. The van der Waals surface area contributed by atoms with Gasteiger partial charge in [-0.15, -0.1) is 0 Å². The van der Waals surface area contributed by atoms with E-state index < -0.39 is 54.5 Å². The Morgan fingerprint density at radius 3 is 2.42 bits per heavy atom. The van der Waals surface area contributed by atoms with Gasteiger partial charge in [0.15, 0.2) is 5.78 Å². The number of hydrogen-bond donors (Lipinski definition) is 4. The van der Waals surface area contributed by atoms with Crippen LogP contribution in [0.5, 0.6) is 5.75 Å². The average molecular weight is 550 g/mol. The van der Waals surface area contributed by atoms with Crippen molar-refractivity contribution in [1.82, 2.24) is 15.1 Å². The zero-order chi connectivity index (χ0) is 29.1. The Hall–Kier alpha value is -4.72. The van der Waals surface area contributed by atoms with Crippen molar-refractivity contribution >= 4 is 42.6 Å². The number of para-hydroxylation sites is 1. The van der Waals surface area contributed by atoms with E-state index in [1.807, 2.05) is 0 Å². The van der Waals surface area contributed by atoms with Crippen LogP contribution in [-0.4, -0.2) is 82.2 Å². The third-order valence-electron chi connectivity index (χ3n) is 6.97. The number of aromatic carboxylic acids is 1. The number of fused-ring (bicyclic) bond motifs is 1. The van der Waals surface area contributed by atoms with Gasteiger partial charge in [0.1, 0.15) is 11.8 Å². The molecule has 40 heavy (non-hydrogen) atoms. The second-order valence-electron chi connectivity index (χ2n) is 9.45. The van der Waals surface area contributed by atoms with Gasteiger partial charge >= 0.3 is 30.9 Å². The number of Topliss-reactive ketones (excluding diaryl/α,β-unsaturated/α-hetero) is 1. The number of benzene rings is 2. The Labute approximate surface area is 229 Å². The molecule has 2 aromatic rings. The standard InChI is InChI=1S/C26H27BN4O9/c1-2-30-10-11-31(24(35)23(30)34)26(38)29-20(14-6-8-15(9-7-14)22(28)33)19(32)13-17-12-16-4-3-5-18(25(36)37)21(16)40-27(17)39/h3-9,17,20,39H,2,10-13H2,1H3,(H2,28,33)(H,29,38)(H,36,37)/t17-,20?/m1/s1. The lowest BCUT2D eigenvalue weighted by atomic mass is 9.64. The smallest absolute Gasteiger partial charge is 0.526 e. The molecule has 208 valence electrons. The number of primary amides is 1. The van der Waals surface area contributed by atoms with Gasteiger partial charge in [0.2, 0.25) is 5.91 Å². The lowest BCUT2D eigenvalue weighted by Crippen LogP contribution is -2.58. The van der Waals surface area contributed by atoms with Crippen LogP contribution in [0.2, 0.25) is 5.82 Å². The molecule has 1 saturated heterocycles. The van der Waals surface area contributed by atoms with Crippen molar-refractivity contribution in [3.63, 3.8) is 0 Å². The molecule has 14 heteroatoms. The van der Waals surface area contributed by atoms with Crippen molar-refractivity contribution in [3.8, 4) is 5.75 Å². The highest BCUT2D eigenvalue weighted by atomic mass is 16.5. The van der Waals surface area contributed by atoms with Crippen molar-refractivity contribution in [2.75, 3.05) is 19.6 Å². The zero-order valence-corrected chi connectivity index (χ0v) is 21.5. The summed E-state index contributed by atoms with van der Waals surface area (Å²) >= 11 is 0. The number of nitrogens with zero attached hydrogens (tertiary/aromatic N) is 2. The first-order chi connectivity index (χ1) is 19.0. The number of rotatable bonds is 8. The molecule has 0 saturated carbocycles. The minimum absolute atomic E-state index is 0.0208. The number of nitrogens with one attached hydrogen (secondary N) is 1. The molecule has 1 unspecified atom stereocenters. The van der Waals surface area contributed by atoms with Gasteiger partial charge in [0.05, 0.1) is 5.56 Å². The van der Waals surface area contributed by atoms with E-state index in [-0.39, 0.29) is 48.4 Å². The third kappa shape index (κ3) is 5.66. The summed E-state index contributed by atoms with van der Waals surface area (Å²) in [5, 5.41) is 22.5. The number of imide groups is 1. The molecule has 2 aliphatic heterocycles. The number of likely N-dealkylation sites (N-methyl/N-ethyl adjacent to an activating group) is 1. The number of amides is 5. The molecule has 5 amide bonds. The molecule has 0 aliphatic carbocycles. The van der Waals surface area contributed by atoms with Gasteiger partial charge in [0, 0.05) is 37.4 Å². The summed E-state index contributed by atoms with van der Waals surface area (Å²) in [5.41, 5.74) is 6.11. The number of carboxylic acid groups (broad SMARTS) is 1. The first-order valence-corrected chi connectivity index (χ1v) is 12.6. The van der Waals surface area contributed by atoms with E-state index in [0.29, 0.717) is 12.1 Å². The predicted molar refractivity (Wildman–Crippen MR) is 139 cm³/mol. The second kappa shape index (κ2) is 11.6. The van der Waals surface area contributed by atoms with Gasteiger partial charge in [-0.25, -0.2) is 9.59 Å². The van der Waals surface area contributed by atoms with Crippen LogP contribution in [0.1, 0.15) is 51.2 Å². The van der Waals surface area contributed by atoms with E-state index in [9.17, 15) is 38.9 Å². The van der Waals surface area contributed by atoms with Crippen LogP contribution < -0.4 is 15.7 Å². The summed E-state index contributed by atoms with van der Waals surface area (Å²) in [6.45, 7) is 2.08. The number of carbonyl (C=O) groups excluding carboxylic acids is 5. The summed E-state index contributed by atoms with van der Waals surface area (Å²) in [7, 11) is -1.51. The van der Waals surface area contributed by atoms with Gasteiger partial charge < -0.3 is 30.7 Å². The van der Waals surface area contributed by atoms with Crippen molar-refractivity contribution in [1.29, 1.82) is 0 Å². The highest BCUT2D eigenvalue weighted by Gasteiger charge is 2.41. The highest BCUT2D eigenvalue weighted by molar-refractivity contribution is 6.47. The molecule has 2 atom stereocenters. The lowest BCUT2D eigenvalue weighted by Gasteiger charge is -2.33. The number of carbonyl (C=O) groups is 6. The maximum atomic E-state index is 13.6. The summed E-state index contributed by atoms with van der Waals surface area (Å²) in [4.78, 5) is 76.6. The van der Waals surface area contributed by atoms with E-state index in [0.717, 1.165) is 4.90 Å². The van der Waals surface area contributed by atoms with E-state index in [1.54, 1.807) is 13.0 Å². The van der Waals surface area contributed by atoms with Crippen LogP contribution in [-0.2, 0) is 20.8 Å². The third-order valence-corrected chi connectivity index (χ3v) is 6.97. The maximum absolute atomic E-state index is 13.6. The van der Waals surface area contributed by atoms with E-state index in [1.165, 1.54) is 41.3 Å². The van der Waals surface area contributed by atoms with Crippen LogP contribution >= 0.6 is 0 Å². The van der Waals surface area contributed by atoms with Gasteiger partial charge in [-0.2, -0.15) is 0 Å². The van der Waals surface area contributed by atoms with Crippen LogP contribution in [0.15, 0.2) is 42.5 Å². The quantitative estimate of drug-likeness (QED) is 0.265. The number of hydrogen-bond acceptors (Lipinski definition) is 8. The molecule has 5 N–H and O–H groups in total. The van der Waals surface area contributed by atoms with E-state index in [4.69, 9.17) is 10.4 Å². The molecule has 2 heterocycles. The SMILES string of the molecule is CCN1CCN(C(=O)NC(C(=O)C[C@H]2Cc3cccc(C(=O)O)c3OB2O)c2ccc(C(N)=O)cc2)C(=O)C1=O. The Bertz CT molecular complexity index is 1380. The number of piperazine rings is 1. The molecule has 0 bridgehead atoms. The van der Waals surface area contributed by atoms with Crippen LogP contribution in [0.25, 0.3) is 0 Å². The normalized spacial score (nSPS) is 17.6. The van der Waals surface area contributed by atoms with E-state index >= 15 is 0 Å². The number of nitrogens with two attached hydrogens (primary N) is 1. The summed E-state index contributed by atoms with van der Waals surface area (Å²) < 4.78 is 5.48. The fourth-order valence-corrected chi connectivity index (χ4v) is 4.76. The van der Waals surface area contributed by atoms with Gasteiger partial charge in [-0.1, -0.05) is 24.3 Å². The van der Waals surface area contributed by atoms with Gasteiger partial charge in [-0.3, -0.25) is 24.1 Å². The maximum Gasteiger partial charge on any atom is 0.526 e. The summed E-state index contributed by atoms with van der Waals surface area (Å²) in [5.74, 6) is -5.11. The summed E-state index contributed by atoms with van der Waals surface area (Å²) in [6, 6.07) is 7.83. The lowest BCUT2D eigenvalue weighted by molar-refractivity contribution is -0.153. The van der Waals surface area contributed by atoms with Gasteiger partial charge in [-0.05, 0) is 42.7 Å². The van der Waals surface area contributed by atoms with E-state index in [2.05, 4.69) is 5.32 Å². The minimum atomic E-state index is -1.51. The van der Waals surface area contributed by atoms with Gasteiger partial charge in [0.25, 0.3) is 0 Å². The highest BCUT2D eigenvalue weighted by Crippen LogP contribution is 2.37. The average Bonchev–Trinajstić information content (AvgIpc) is 2.93. The van der Waals surface area contributed by atoms with Crippen LogP contribution in [0.4, 0.5) is 4.79 Å². The first-order valence-electron chi connectivity index (χ1n) is 12.6. The number of carboxylic acids is 1. The molecule has 2 aliphatic rings. The molecule has 4 rings (SSSR count). The molecule has 13 nitrogen and oxygen atoms in total. The second-order valence-corrected chi connectivity index (χ2v) is 9.45. The molecular weight excluding hydrogens is 523 g/mol. The Morgan fingerprint density at radius 1 is 1.10 bits per heavy atom. The molecule has 2 aromatic carbocycles. The Balaban J connectivity index is 1.57. The van der Waals surface area contributed by atoms with Crippen molar-refractivity contribution < 1.29 is 43.6 Å². The molecule has 1 fully saturated rings. The molecular formula is C26H27BN4O9. The first kappa shape index (κ1) is 28.3. The van der Waals surface area contributed by atoms with Crippen LogP contribution in [0, 0.1) is 0 Å². The van der Waals surface area contributed by atoms with Crippen molar-refractivity contribution in [2.45, 2.75) is 31.6 Å². The topological polar surface area (TPSA) is 197 Å². The molecule has 0 aromatic heterocycles. The number of urea groups is 1. The fraction of sp³-hybridized carbons (Fsp3) is 0.308. The fourth-order valence-electron chi connectivity index (χ4n) is 4.76. The van der Waals surface area contributed by atoms with Crippen molar-refractivity contribution in [2.24, 2.45) is 5.73 Å². The zero-order valence-electron chi connectivity index (χ0n) is 21.5. The number of ketones is 1. The Kier molecular flexibility index (Phi) is 8.19.